The number of carbonyl (C=O) groups excluding carboxylic acids is 1. The molecular weight excluding hydrogens is 288 g/mol. The number of hydrogen-bond acceptors (Lipinski definition) is 3. The SMILES string of the molecule is CCNc1ccc(Cl)cc1C(=O)N(C)CC1CCCCO1. The lowest BCUT2D eigenvalue weighted by molar-refractivity contribution is -0.000171. The molecule has 1 heterocycles. The zero-order chi connectivity index (χ0) is 15.2. The summed E-state index contributed by atoms with van der Waals surface area (Å²) >= 11 is 6.03. The lowest BCUT2D eigenvalue weighted by Crippen LogP contribution is -2.37. The standard InChI is InChI=1S/C16H23ClN2O2/c1-3-18-15-8-7-12(17)10-14(15)16(20)19(2)11-13-6-4-5-9-21-13/h7-8,10,13,18H,3-6,9,11H2,1-2H3. The molecule has 116 valence electrons. The monoisotopic (exact) mass is 310 g/mol. The predicted octanol–water partition coefficient (Wildman–Crippen LogP) is 3.41. The van der Waals surface area contributed by atoms with Gasteiger partial charge in [0.25, 0.3) is 5.91 Å². The van der Waals surface area contributed by atoms with Gasteiger partial charge in [0, 0.05) is 37.5 Å². The smallest absolute Gasteiger partial charge is 0.255 e. The summed E-state index contributed by atoms with van der Waals surface area (Å²) < 4.78 is 5.70. The highest BCUT2D eigenvalue weighted by molar-refractivity contribution is 6.31. The topological polar surface area (TPSA) is 41.6 Å². The van der Waals surface area contributed by atoms with E-state index < -0.39 is 0 Å². The van der Waals surface area contributed by atoms with Gasteiger partial charge < -0.3 is 15.0 Å². The molecule has 1 unspecified atom stereocenters. The fraction of sp³-hybridized carbons (Fsp3) is 0.562. The molecule has 1 amide bonds. The first-order valence-electron chi connectivity index (χ1n) is 7.52. The van der Waals surface area contributed by atoms with Crippen LogP contribution < -0.4 is 5.32 Å². The number of likely N-dealkylation sites (N-methyl/N-ethyl adjacent to an activating group) is 1. The molecule has 1 atom stereocenters. The number of rotatable bonds is 5. The van der Waals surface area contributed by atoms with E-state index in [0.717, 1.165) is 31.7 Å². The predicted molar refractivity (Wildman–Crippen MR) is 86.2 cm³/mol. The van der Waals surface area contributed by atoms with E-state index in [-0.39, 0.29) is 12.0 Å². The zero-order valence-electron chi connectivity index (χ0n) is 12.7. The van der Waals surface area contributed by atoms with Crippen molar-refractivity contribution in [2.24, 2.45) is 0 Å². The van der Waals surface area contributed by atoms with Gasteiger partial charge in [-0.1, -0.05) is 11.6 Å². The molecule has 0 radical (unpaired) electrons. The maximum Gasteiger partial charge on any atom is 0.255 e. The van der Waals surface area contributed by atoms with Gasteiger partial charge in [-0.3, -0.25) is 4.79 Å². The number of halogens is 1. The Morgan fingerprint density at radius 1 is 1.48 bits per heavy atom. The molecule has 0 saturated carbocycles. The summed E-state index contributed by atoms with van der Waals surface area (Å²) in [6, 6.07) is 5.37. The Kier molecular flexibility index (Phi) is 5.88. The van der Waals surface area contributed by atoms with E-state index in [4.69, 9.17) is 16.3 Å². The Morgan fingerprint density at radius 3 is 2.95 bits per heavy atom. The van der Waals surface area contributed by atoms with Crippen LogP contribution in [0.2, 0.25) is 5.02 Å². The van der Waals surface area contributed by atoms with Crippen molar-refractivity contribution in [1.82, 2.24) is 4.90 Å². The van der Waals surface area contributed by atoms with Gasteiger partial charge in [-0.05, 0) is 44.4 Å². The van der Waals surface area contributed by atoms with Gasteiger partial charge in [0.05, 0.1) is 11.7 Å². The molecule has 2 rings (SSSR count). The quantitative estimate of drug-likeness (QED) is 0.906. The minimum absolute atomic E-state index is 0.0253. The van der Waals surface area contributed by atoms with E-state index in [2.05, 4.69) is 5.32 Å². The molecule has 1 aromatic carbocycles. The summed E-state index contributed by atoms with van der Waals surface area (Å²) in [5.41, 5.74) is 1.44. The molecule has 1 aliphatic heterocycles. The minimum Gasteiger partial charge on any atom is -0.385 e. The van der Waals surface area contributed by atoms with Crippen molar-refractivity contribution in [2.45, 2.75) is 32.3 Å². The molecule has 0 aromatic heterocycles. The van der Waals surface area contributed by atoms with E-state index in [1.807, 2.05) is 20.0 Å². The molecule has 1 aliphatic rings. The molecule has 0 aliphatic carbocycles. The van der Waals surface area contributed by atoms with Crippen molar-refractivity contribution in [3.05, 3.63) is 28.8 Å². The van der Waals surface area contributed by atoms with Crippen LogP contribution in [0.3, 0.4) is 0 Å². The molecule has 21 heavy (non-hydrogen) atoms. The van der Waals surface area contributed by atoms with Gasteiger partial charge >= 0.3 is 0 Å². The van der Waals surface area contributed by atoms with Gasteiger partial charge in [0.1, 0.15) is 0 Å². The summed E-state index contributed by atoms with van der Waals surface area (Å²) in [5, 5.41) is 3.78. The van der Waals surface area contributed by atoms with Crippen molar-refractivity contribution in [1.29, 1.82) is 0 Å². The van der Waals surface area contributed by atoms with Gasteiger partial charge in [-0.25, -0.2) is 0 Å². The summed E-state index contributed by atoms with van der Waals surface area (Å²) in [4.78, 5) is 14.4. The number of nitrogens with zero attached hydrogens (tertiary/aromatic N) is 1. The highest BCUT2D eigenvalue weighted by Crippen LogP contribution is 2.23. The second-order valence-electron chi connectivity index (χ2n) is 5.39. The normalized spacial score (nSPS) is 18.3. The van der Waals surface area contributed by atoms with Crippen LogP contribution in [0.5, 0.6) is 0 Å². The van der Waals surface area contributed by atoms with Gasteiger partial charge in [0.15, 0.2) is 0 Å². The average molecular weight is 311 g/mol. The Hall–Kier alpha value is -1.26. The highest BCUT2D eigenvalue weighted by atomic mass is 35.5. The largest absolute Gasteiger partial charge is 0.385 e. The Bertz CT molecular complexity index is 487. The van der Waals surface area contributed by atoms with E-state index in [9.17, 15) is 4.79 Å². The third-order valence-corrected chi connectivity index (χ3v) is 3.91. The van der Waals surface area contributed by atoms with Crippen LogP contribution in [-0.2, 0) is 4.74 Å². The number of hydrogen-bond donors (Lipinski definition) is 1. The third-order valence-electron chi connectivity index (χ3n) is 3.68. The average Bonchev–Trinajstić information content (AvgIpc) is 2.49. The molecule has 0 spiro atoms. The first kappa shape index (κ1) is 16.1. The second kappa shape index (κ2) is 7.66. The lowest BCUT2D eigenvalue weighted by Gasteiger charge is -2.28. The maximum absolute atomic E-state index is 12.6. The van der Waals surface area contributed by atoms with E-state index >= 15 is 0 Å². The molecule has 1 saturated heterocycles. The number of benzene rings is 1. The summed E-state index contributed by atoms with van der Waals surface area (Å²) in [6.07, 6.45) is 3.46. The van der Waals surface area contributed by atoms with Crippen LogP contribution in [0.1, 0.15) is 36.5 Å². The van der Waals surface area contributed by atoms with Crippen LogP contribution in [0.4, 0.5) is 5.69 Å². The molecule has 1 N–H and O–H groups in total. The van der Waals surface area contributed by atoms with Crippen molar-refractivity contribution >= 4 is 23.2 Å². The van der Waals surface area contributed by atoms with E-state index in [1.54, 1.807) is 17.0 Å². The molecule has 4 nitrogen and oxygen atoms in total. The Labute approximate surface area is 131 Å². The minimum atomic E-state index is -0.0253. The van der Waals surface area contributed by atoms with Gasteiger partial charge in [-0.15, -0.1) is 0 Å². The summed E-state index contributed by atoms with van der Waals surface area (Å²) in [7, 11) is 1.82. The molecule has 5 heteroatoms. The molecular formula is C16H23ClN2O2. The van der Waals surface area contributed by atoms with Crippen molar-refractivity contribution < 1.29 is 9.53 Å². The van der Waals surface area contributed by atoms with Gasteiger partial charge in [0.2, 0.25) is 0 Å². The van der Waals surface area contributed by atoms with Crippen molar-refractivity contribution in [3.8, 4) is 0 Å². The Morgan fingerprint density at radius 2 is 2.29 bits per heavy atom. The first-order chi connectivity index (χ1) is 10.1. The highest BCUT2D eigenvalue weighted by Gasteiger charge is 2.21. The van der Waals surface area contributed by atoms with Crippen LogP contribution in [0.25, 0.3) is 0 Å². The number of nitrogens with one attached hydrogen (secondary N) is 1. The van der Waals surface area contributed by atoms with Gasteiger partial charge in [-0.2, -0.15) is 0 Å². The summed E-state index contributed by atoms with van der Waals surface area (Å²) in [6.45, 7) is 4.18. The number of anilines is 1. The second-order valence-corrected chi connectivity index (χ2v) is 5.83. The number of carbonyl (C=O) groups is 1. The fourth-order valence-electron chi connectivity index (χ4n) is 2.58. The van der Waals surface area contributed by atoms with E-state index in [1.165, 1.54) is 6.42 Å². The lowest BCUT2D eigenvalue weighted by atomic mass is 10.1. The van der Waals surface area contributed by atoms with Crippen LogP contribution in [0.15, 0.2) is 18.2 Å². The van der Waals surface area contributed by atoms with Crippen LogP contribution >= 0.6 is 11.6 Å². The Balaban J connectivity index is 2.08. The van der Waals surface area contributed by atoms with Crippen molar-refractivity contribution in [3.63, 3.8) is 0 Å². The maximum atomic E-state index is 12.6. The van der Waals surface area contributed by atoms with Crippen LogP contribution in [-0.4, -0.2) is 43.7 Å². The van der Waals surface area contributed by atoms with Crippen molar-refractivity contribution in [2.75, 3.05) is 32.1 Å². The molecule has 1 aromatic rings. The molecule has 1 fully saturated rings. The first-order valence-corrected chi connectivity index (χ1v) is 7.90. The third kappa shape index (κ3) is 4.35. The summed E-state index contributed by atoms with van der Waals surface area (Å²) in [5.74, 6) is -0.0253. The zero-order valence-corrected chi connectivity index (χ0v) is 13.4. The fourth-order valence-corrected chi connectivity index (χ4v) is 2.76. The number of ether oxygens (including phenoxy) is 1. The van der Waals surface area contributed by atoms with E-state index in [0.29, 0.717) is 17.1 Å². The number of amides is 1. The van der Waals surface area contributed by atoms with Crippen LogP contribution in [0, 0.1) is 0 Å². The molecule has 0 bridgehead atoms.